The van der Waals surface area contributed by atoms with Gasteiger partial charge in [0.2, 0.25) is 0 Å². The van der Waals surface area contributed by atoms with E-state index in [1.165, 1.54) is 6.92 Å². The largest absolute Gasteiger partial charge is 0.497 e. The molecule has 3 nitrogen and oxygen atoms in total. The maximum atomic E-state index is 11.4. The van der Waals surface area contributed by atoms with Gasteiger partial charge in [0.25, 0.3) is 0 Å². The van der Waals surface area contributed by atoms with Crippen LogP contribution in [0.1, 0.15) is 35.3 Å². The maximum Gasteiger partial charge on any atom is 0.161 e. The summed E-state index contributed by atoms with van der Waals surface area (Å²) in [6.45, 7) is 3.42. The average Bonchev–Trinajstić information content (AvgIpc) is 2.26. The van der Waals surface area contributed by atoms with Crippen LogP contribution in [0.3, 0.4) is 0 Å². The molecule has 3 heteroatoms. The summed E-state index contributed by atoms with van der Waals surface area (Å²) in [5, 5.41) is 8.95. The first kappa shape index (κ1) is 11.3. The molecular weight excluding hydrogens is 190 g/mol. The molecule has 0 aliphatic rings. The van der Waals surface area contributed by atoms with E-state index in [9.17, 15) is 4.79 Å². The summed E-state index contributed by atoms with van der Waals surface area (Å²) in [7, 11) is 1.55. The summed E-state index contributed by atoms with van der Waals surface area (Å²) in [5.74, 6) is 0.541. The number of methoxy groups -OCH3 is 1. The number of nitriles is 1. The number of carbonyl (C=O) groups is 1. The minimum atomic E-state index is -0.0777. The Balaban J connectivity index is 3.48. The quantitative estimate of drug-likeness (QED) is 0.708. The SMILES string of the molecule is CCc1cc(OC)cc(C#N)c1C(C)=O. The number of carbonyl (C=O) groups excluding carboxylic acids is 1. The van der Waals surface area contributed by atoms with Gasteiger partial charge in [0, 0.05) is 5.56 Å². The Morgan fingerprint density at radius 1 is 1.53 bits per heavy atom. The van der Waals surface area contributed by atoms with E-state index in [4.69, 9.17) is 10.00 Å². The molecule has 0 aliphatic heterocycles. The number of hydrogen-bond acceptors (Lipinski definition) is 3. The molecule has 0 unspecified atom stereocenters. The summed E-state index contributed by atoms with van der Waals surface area (Å²) in [4.78, 5) is 11.4. The number of rotatable bonds is 3. The fourth-order valence-corrected chi connectivity index (χ4v) is 1.57. The second-order valence-electron chi connectivity index (χ2n) is 3.23. The topological polar surface area (TPSA) is 50.1 Å². The Labute approximate surface area is 89.3 Å². The zero-order valence-electron chi connectivity index (χ0n) is 9.13. The van der Waals surface area contributed by atoms with Crippen molar-refractivity contribution in [2.75, 3.05) is 7.11 Å². The molecule has 15 heavy (non-hydrogen) atoms. The number of hydrogen-bond donors (Lipinski definition) is 0. The van der Waals surface area contributed by atoms with Crippen molar-refractivity contribution in [3.63, 3.8) is 0 Å². The monoisotopic (exact) mass is 203 g/mol. The Morgan fingerprint density at radius 3 is 2.60 bits per heavy atom. The molecule has 0 atom stereocenters. The van der Waals surface area contributed by atoms with Crippen LogP contribution in [0.5, 0.6) is 5.75 Å². The molecule has 0 aromatic heterocycles. The second-order valence-corrected chi connectivity index (χ2v) is 3.23. The first-order valence-corrected chi connectivity index (χ1v) is 4.76. The first-order chi connectivity index (χ1) is 7.13. The molecule has 0 saturated heterocycles. The summed E-state index contributed by atoms with van der Waals surface area (Å²) in [5.41, 5.74) is 1.76. The molecule has 0 aliphatic carbocycles. The van der Waals surface area contributed by atoms with Gasteiger partial charge in [0.1, 0.15) is 11.8 Å². The van der Waals surface area contributed by atoms with E-state index in [1.54, 1.807) is 19.2 Å². The van der Waals surface area contributed by atoms with Gasteiger partial charge in [0.05, 0.1) is 12.7 Å². The van der Waals surface area contributed by atoms with Crippen LogP contribution in [0.4, 0.5) is 0 Å². The van der Waals surface area contributed by atoms with Crippen molar-refractivity contribution in [2.24, 2.45) is 0 Å². The Hall–Kier alpha value is -1.82. The second kappa shape index (κ2) is 4.61. The lowest BCUT2D eigenvalue weighted by molar-refractivity contribution is 0.101. The van der Waals surface area contributed by atoms with Crippen molar-refractivity contribution < 1.29 is 9.53 Å². The average molecular weight is 203 g/mol. The smallest absolute Gasteiger partial charge is 0.161 e. The van der Waals surface area contributed by atoms with Gasteiger partial charge in [-0.1, -0.05) is 6.92 Å². The lowest BCUT2D eigenvalue weighted by Crippen LogP contribution is -2.03. The third-order valence-electron chi connectivity index (χ3n) is 2.28. The fourth-order valence-electron chi connectivity index (χ4n) is 1.57. The molecule has 78 valence electrons. The van der Waals surface area contributed by atoms with Gasteiger partial charge in [-0.2, -0.15) is 5.26 Å². The van der Waals surface area contributed by atoms with E-state index in [2.05, 4.69) is 0 Å². The number of aryl methyl sites for hydroxylation is 1. The summed E-state index contributed by atoms with van der Waals surface area (Å²) >= 11 is 0. The van der Waals surface area contributed by atoms with Crippen LogP contribution in [0, 0.1) is 11.3 Å². The summed E-state index contributed by atoms with van der Waals surface area (Å²) in [6, 6.07) is 5.42. The highest BCUT2D eigenvalue weighted by atomic mass is 16.5. The Kier molecular flexibility index (Phi) is 3.46. The number of ketones is 1. The van der Waals surface area contributed by atoms with Crippen molar-refractivity contribution in [3.8, 4) is 11.8 Å². The van der Waals surface area contributed by atoms with Crippen molar-refractivity contribution in [1.29, 1.82) is 5.26 Å². The number of nitrogens with zero attached hydrogens (tertiary/aromatic N) is 1. The van der Waals surface area contributed by atoms with Crippen molar-refractivity contribution in [3.05, 3.63) is 28.8 Å². The van der Waals surface area contributed by atoms with Gasteiger partial charge in [-0.05, 0) is 31.0 Å². The van der Waals surface area contributed by atoms with Crippen LogP contribution in [0.2, 0.25) is 0 Å². The summed E-state index contributed by atoms with van der Waals surface area (Å²) < 4.78 is 5.07. The van der Waals surface area contributed by atoms with E-state index in [0.29, 0.717) is 23.3 Å². The van der Waals surface area contributed by atoms with Crippen LogP contribution < -0.4 is 4.74 Å². The highest BCUT2D eigenvalue weighted by Gasteiger charge is 2.13. The van der Waals surface area contributed by atoms with E-state index >= 15 is 0 Å². The summed E-state index contributed by atoms with van der Waals surface area (Å²) in [6.07, 6.45) is 0.709. The third kappa shape index (κ3) is 2.16. The molecule has 0 heterocycles. The zero-order valence-corrected chi connectivity index (χ0v) is 9.13. The number of Topliss-reactive ketones (excluding diaryl/α,β-unsaturated/α-hetero) is 1. The Bertz CT molecular complexity index is 430. The predicted molar refractivity (Wildman–Crippen MR) is 57.1 cm³/mol. The molecule has 1 aromatic carbocycles. The molecule has 0 N–H and O–H groups in total. The lowest BCUT2D eigenvalue weighted by atomic mass is 9.96. The molecule has 0 spiro atoms. The van der Waals surface area contributed by atoms with Crippen LogP contribution >= 0.6 is 0 Å². The minimum Gasteiger partial charge on any atom is -0.497 e. The first-order valence-electron chi connectivity index (χ1n) is 4.76. The van der Waals surface area contributed by atoms with Crippen LogP contribution in [0.15, 0.2) is 12.1 Å². The minimum absolute atomic E-state index is 0.0777. The predicted octanol–water partition coefficient (Wildman–Crippen LogP) is 2.33. The highest BCUT2D eigenvalue weighted by molar-refractivity contribution is 5.98. The molecule has 0 radical (unpaired) electrons. The maximum absolute atomic E-state index is 11.4. The van der Waals surface area contributed by atoms with Crippen molar-refractivity contribution >= 4 is 5.78 Å². The molecule has 0 fully saturated rings. The number of benzene rings is 1. The van der Waals surface area contributed by atoms with Gasteiger partial charge in [-0.25, -0.2) is 0 Å². The Morgan fingerprint density at radius 2 is 2.20 bits per heavy atom. The fraction of sp³-hybridized carbons (Fsp3) is 0.333. The normalized spacial score (nSPS) is 9.47. The molecule has 1 aromatic rings. The lowest BCUT2D eigenvalue weighted by Gasteiger charge is -2.09. The molecule has 0 bridgehead atoms. The van der Waals surface area contributed by atoms with Gasteiger partial charge < -0.3 is 4.74 Å². The van der Waals surface area contributed by atoms with Crippen LogP contribution in [0.25, 0.3) is 0 Å². The van der Waals surface area contributed by atoms with Gasteiger partial charge >= 0.3 is 0 Å². The van der Waals surface area contributed by atoms with Gasteiger partial charge in [-0.3, -0.25) is 4.79 Å². The van der Waals surface area contributed by atoms with Crippen LogP contribution in [-0.2, 0) is 6.42 Å². The van der Waals surface area contributed by atoms with Crippen molar-refractivity contribution in [1.82, 2.24) is 0 Å². The van der Waals surface area contributed by atoms with E-state index in [0.717, 1.165) is 5.56 Å². The highest BCUT2D eigenvalue weighted by Crippen LogP contribution is 2.23. The molecular formula is C12H13NO2. The zero-order chi connectivity index (χ0) is 11.4. The molecule has 1 rings (SSSR count). The van der Waals surface area contributed by atoms with E-state index < -0.39 is 0 Å². The van der Waals surface area contributed by atoms with E-state index in [1.807, 2.05) is 13.0 Å². The molecule has 0 saturated carbocycles. The van der Waals surface area contributed by atoms with Crippen LogP contribution in [-0.4, -0.2) is 12.9 Å². The van der Waals surface area contributed by atoms with Gasteiger partial charge in [-0.15, -0.1) is 0 Å². The van der Waals surface area contributed by atoms with Crippen molar-refractivity contribution in [2.45, 2.75) is 20.3 Å². The number of ether oxygens (including phenoxy) is 1. The molecule has 0 amide bonds. The standard InChI is InChI=1S/C12H13NO2/c1-4-9-5-11(15-3)6-10(7-13)12(9)8(2)14/h5-6H,4H2,1-3H3. The third-order valence-corrected chi connectivity index (χ3v) is 2.28. The van der Waals surface area contributed by atoms with Gasteiger partial charge in [0.15, 0.2) is 5.78 Å². The van der Waals surface area contributed by atoms with E-state index in [-0.39, 0.29) is 5.78 Å².